The Morgan fingerprint density at radius 3 is 2.83 bits per heavy atom. The van der Waals surface area contributed by atoms with Crippen LogP contribution < -0.4 is 15.4 Å². The second-order valence-corrected chi connectivity index (χ2v) is 4.01. The van der Waals surface area contributed by atoms with E-state index in [1.807, 2.05) is 31.2 Å². The molecule has 0 radical (unpaired) electrons. The number of anilines is 1. The summed E-state index contributed by atoms with van der Waals surface area (Å²) in [5.74, 6) is 0.690. The predicted molar refractivity (Wildman–Crippen MR) is 71.0 cm³/mol. The Morgan fingerprint density at radius 2 is 2.17 bits per heavy atom. The van der Waals surface area contributed by atoms with Gasteiger partial charge in [-0.2, -0.15) is 0 Å². The molecule has 0 fully saturated rings. The quantitative estimate of drug-likeness (QED) is 0.767. The highest BCUT2D eigenvalue weighted by Crippen LogP contribution is 2.16. The van der Waals surface area contributed by atoms with Gasteiger partial charge in [-0.3, -0.25) is 4.79 Å². The van der Waals surface area contributed by atoms with E-state index in [0.29, 0.717) is 6.61 Å². The first-order valence-electron chi connectivity index (χ1n) is 5.82. The van der Waals surface area contributed by atoms with Crippen molar-refractivity contribution in [2.24, 2.45) is 0 Å². The van der Waals surface area contributed by atoms with E-state index in [9.17, 15) is 4.79 Å². The lowest BCUT2D eigenvalue weighted by atomic mass is 10.3. The van der Waals surface area contributed by atoms with E-state index in [2.05, 4.69) is 10.6 Å². The number of carbonyl (C=O) groups is 1. The summed E-state index contributed by atoms with van der Waals surface area (Å²) < 4.78 is 10.0. The molecule has 0 heterocycles. The molecule has 0 aromatic heterocycles. The Bertz CT molecular complexity index is 382. The fourth-order valence-corrected chi connectivity index (χ4v) is 1.53. The molecule has 1 atom stereocenters. The zero-order valence-corrected chi connectivity index (χ0v) is 11.0. The summed E-state index contributed by atoms with van der Waals surface area (Å²) in [6, 6.07) is 7.45. The number of hydrogen-bond donors (Lipinski definition) is 2. The standard InChI is InChI=1S/C13H20N2O3/c1-10(9-17-2)15-13(16)8-14-11-5-4-6-12(7-11)18-3/h4-7,10,14H,8-9H2,1-3H3,(H,15,16). The number of benzene rings is 1. The third-order valence-electron chi connectivity index (χ3n) is 2.35. The lowest BCUT2D eigenvalue weighted by Crippen LogP contribution is -2.39. The molecule has 100 valence electrons. The van der Waals surface area contributed by atoms with Gasteiger partial charge in [-0.15, -0.1) is 0 Å². The summed E-state index contributed by atoms with van der Waals surface area (Å²) in [5, 5.41) is 5.86. The van der Waals surface area contributed by atoms with Crippen molar-refractivity contribution in [2.75, 3.05) is 32.7 Å². The van der Waals surface area contributed by atoms with Crippen LogP contribution in [0.3, 0.4) is 0 Å². The fraction of sp³-hybridized carbons (Fsp3) is 0.462. The van der Waals surface area contributed by atoms with Crippen molar-refractivity contribution in [3.8, 4) is 5.75 Å². The first kappa shape index (κ1) is 14.3. The van der Waals surface area contributed by atoms with E-state index in [-0.39, 0.29) is 18.5 Å². The van der Waals surface area contributed by atoms with Gasteiger partial charge in [-0.1, -0.05) is 6.07 Å². The number of hydrogen-bond acceptors (Lipinski definition) is 4. The average molecular weight is 252 g/mol. The van der Waals surface area contributed by atoms with Gasteiger partial charge in [0.25, 0.3) is 0 Å². The second kappa shape index (κ2) is 7.55. The molecule has 18 heavy (non-hydrogen) atoms. The summed E-state index contributed by atoms with van der Waals surface area (Å²) >= 11 is 0. The van der Waals surface area contributed by atoms with Crippen LogP contribution in [0.15, 0.2) is 24.3 Å². The van der Waals surface area contributed by atoms with Crippen molar-refractivity contribution in [3.63, 3.8) is 0 Å². The molecule has 5 nitrogen and oxygen atoms in total. The molecule has 1 unspecified atom stereocenters. The number of nitrogens with one attached hydrogen (secondary N) is 2. The van der Waals surface area contributed by atoms with Gasteiger partial charge in [0.2, 0.25) is 5.91 Å². The van der Waals surface area contributed by atoms with Crippen LogP contribution in [0.1, 0.15) is 6.92 Å². The normalized spacial score (nSPS) is 11.7. The van der Waals surface area contributed by atoms with Crippen LogP contribution in [0.2, 0.25) is 0 Å². The van der Waals surface area contributed by atoms with Gasteiger partial charge in [0.1, 0.15) is 5.75 Å². The largest absolute Gasteiger partial charge is 0.497 e. The highest BCUT2D eigenvalue weighted by atomic mass is 16.5. The topological polar surface area (TPSA) is 59.6 Å². The first-order chi connectivity index (χ1) is 8.65. The zero-order valence-electron chi connectivity index (χ0n) is 11.0. The highest BCUT2D eigenvalue weighted by molar-refractivity contribution is 5.81. The maximum Gasteiger partial charge on any atom is 0.239 e. The van der Waals surface area contributed by atoms with Crippen molar-refractivity contribution < 1.29 is 14.3 Å². The predicted octanol–water partition coefficient (Wildman–Crippen LogP) is 1.26. The smallest absolute Gasteiger partial charge is 0.239 e. The Morgan fingerprint density at radius 1 is 1.39 bits per heavy atom. The molecule has 1 rings (SSSR count). The minimum Gasteiger partial charge on any atom is -0.497 e. The van der Waals surface area contributed by atoms with Crippen molar-refractivity contribution in [3.05, 3.63) is 24.3 Å². The Labute approximate surface area is 107 Å². The van der Waals surface area contributed by atoms with Crippen molar-refractivity contribution in [2.45, 2.75) is 13.0 Å². The molecule has 1 amide bonds. The van der Waals surface area contributed by atoms with Gasteiger partial charge in [0, 0.05) is 24.9 Å². The molecular formula is C13H20N2O3. The fourth-order valence-electron chi connectivity index (χ4n) is 1.53. The van der Waals surface area contributed by atoms with Crippen LogP contribution in [0.25, 0.3) is 0 Å². The summed E-state index contributed by atoms with van der Waals surface area (Å²) in [6.45, 7) is 2.62. The van der Waals surface area contributed by atoms with Crippen LogP contribution in [-0.4, -0.2) is 39.3 Å². The third-order valence-corrected chi connectivity index (χ3v) is 2.35. The molecule has 1 aromatic rings. The number of methoxy groups -OCH3 is 2. The van der Waals surface area contributed by atoms with Gasteiger partial charge in [-0.05, 0) is 19.1 Å². The monoisotopic (exact) mass is 252 g/mol. The van der Waals surface area contributed by atoms with Gasteiger partial charge in [0.15, 0.2) is 0 Å². The Balaban J connectivity index is 2.37. The summed E-state index contributed by atoms with van der Waals surface area (Å²) in [7, 11) is 3.22. The van der Waals surface area contributed by atoms with Crippen LogP contribution in [0.5, 0.6) is 5.75 Å². The van der Waals surface area contributed by atoms with Gasteiger partial charge in [0.05, 0.1) is 20.3 Å². The number of ether oxygens (including phenoxy) is 2. The lowest BCUT2D eigenvalue weighted by Gasteiger charge is -2.13. The van der Waals surface area contributed by atoms with Crippen molar-refractivity contribution in [1.82, 2.24) is 5.32 Å². The average Bonchev–Trinajstić information content (AvgIpc) is 2.37. The van der Waals surface area contributed by atoms with E-state index in [1.165, 1.54) is 0 Å². The molecule has 0 saturated carbocycles. The molecule has 0 saturated heterocycles. The third kappa shape index (κ3) is 5.05. The van der Waals surface area contributed by atoms with Crippen molar-refractivity contribution >= 4 is 11.6 Å². The van der Waals surface area contributed by atoms with Crippen molar-refractivity contribution in [1.29, 1.82) is 0 Å². The Hall–Kier alpha value is -1.75. The summed E-state index contributed by atoms with van der Waals surface area (Å²) in [4.78, 5) is 11.6. The van der Waals surface area contributed by atoms with Gasteiger partial charge in [-0.25, -0.2) is 0 Å². The molecular weight excluding hydrogens is 232 g/mol. The van der Waals surface area contributed by atoms with E-state index in [4.69, 9.17) is 9.47 Å². The van der Waals surface area contributed by atoms with Gasteiger partial charge < -0.3 is 20.1 Å². The van der Waals surface area contributed by atoms with E-state index < -0.39 is 0 Å². The Kier molecular flexibility index (Phi) is 6.00. The first-order valence-corrected chi connectivity index (χ1v) is 5.82. The van der Waals surface area contributed by atoms with Crippen LogP contribution in [-0.2, 0) is 9.53 Å². The zero-order chi connectivity index (χ0) is 13.4. The lowest BCUT2D eigenvalue weighted by molar-refractivity contribution is -0.120. The number of rotatable bonds is 7. The molecule has 0 bridgehead atoms. The second-order valence-electron chi connectivity index (χ2n) is 4.01. The maximum atomic E-state index is 11.6. The van der Waals surface area contributed by atoms with Crippen LogP contribution in [0, 0.1) is 0 Å². The number of carbonyl (C=O) groups excluding carboxylic acids is 1. The summed E-state index contributed by atoms with van der Waals surface area (Å²) in [5.41, 5.74) is 0.851. The molecule has 5 heteroatoms. The minimum absolute atomic E-state index is 0.00890. The van der Waals surface area contributed by atoms with Gasteiger partial charge >= 0.3 is 0 Å². The molecule has 0 spiro atoms. The SMILES string of the molecule is COCC(C)NC(=O)CNc1cccc(OC)c1. The molecule has 2 N–H and O–H groups in total. The molecule has 0 aliphatic carbocycles. The summed E-state index contributed by atoms with van der Waals surface area (Å²) in [6.07, 6.45) is 0. The minimum atomic E-state index is -0.0673. The van der Waals surface area contributed by atoms with E-state index >= 15 is 0 Å². The maximum absolute atomic E-state index is 11.6. The van der Waals surface area contributed by atoms with E-state index in [0.717, 1.165) is 11.4 Å². The molecule has 0 aliphatic heterocycles. The van der Waals surface area contributed by atoms with Crippen LogP contribution in [0.4, 0.5) is 5.69 Å². The number of amides is 1. The molecule has 0 aliphatic rings. The van der Waals surface area contributed by atoms with Crippen LogP contribution >= 0.6 is 0 Å². The molecule has 1 aromatic carbocycles. The van der Waals surface area contributed by atoms with E-state index in [1.54, 1.807) is 14.2 Å². The highest BCUT2D eigenvalue weighted by Gasteiger charge is 2.06.